The van der Waals surface area contributed by atoms with E-state index in [-0.39, 0.29) is 17.0 Å². The molecule has 4 rings (SSSR count). The molecule has 0 aliphatic heterocycles. The van der Waals surface area contributed by atoms with Crippen LogP contribution in [0.5, 0.6) is 0 Å². The van der Waals surface area contributed by atoms with E-state index < -0.39 is 9.84 Å². The molecule has 0 radical (unpaired) electrons. The van der Waals surface area contributed by atoms with Crippen LogP contribution in [0, 0.1) is 0 Å². The van der Waals surface area contributed by atoms with Gasteiger partial charge in [0.05, 0.1) is 0 Å². The van der Waals surface area contributed by atoms with Crippen molar-refractivity contribution in [3.05, 3.63) is 53.9 Å². The van der Waals surface area contributed by atoms with Crippen LogP contribution in [0.3, 0.4) is 0 Å². The fourth-order valence-corrected chi connectivity index (χ4v) is 5.02. The molecule has 0 amide bonds. The van der Waals surface area contributed by atoms with Crippen LogP contribution < -0.4 is 0 Å². The number of hydrogen-bond acceptors (Lipinski definition) is 6. The molecule has 1 aliphatic rings. The van der Waals surface area contributed by atoms with Gasteiger partial charge >= 0.3 is 0 Å². The van der Waals surface area contributed by atoms with Gasteiger partial charge in [0.1, 0.15) is 23.7 Å². The van der Waals surface area contributed by atoms with Gasteiger partial charge in [0.25, 0.3) is 0 Å². The van der Waals surface area contributed by atoms with Gasteiger partial charge in [0, 0.05) is 12.5 Å². The molecule has 142 valence electrons. The monoisotopic (exact) mass is 386 g/mol. The number of nitrogens with one attached hydrogen (secondary N) is 1. The highest BCUT2D eigenvalue weighted by Gasteiger charge is 2.30. The van der Waals surface area contributed by atoms with E-state index in [0.29, 0.717) is 18.1 Å². The predicted octanol–water partition coefficient (Wildman–Crippen LogP) is 2.47. The van der Waals surface area contributed by atoms with Gasteiger partial charge in [-0.25, -0.2) is 13.4 Å². The lowest BCUT2D eigenvalue weighted by molar-refractivity contribution is 0.327. The second-order valence-corrected chi connectivity index (χ2v) is 8.80. The molecule has 0 unspecified atom stereocenters. The van der Waals surface area contributed by atoms with E-state index in [9.17, 15) is 8.42 Å². The molecule has 0 bridgehead atoms. The molecule has 0 spiro atoms. The summed E-state index contributed by atoms with van der Waals surface area (Å²) in [4.78, 5) is 3.94. The second-order valence-electron chi connectivity index (χ2n) is 6.91. The predicted molar refractivity (Wildman–Crippen MR) is 98.7 cm³/mol. The van der Waals surface area contributed by atoms with Gasteiger partial charge in [-0.05, 0) is 18.4 Å². The third-order valence-corrected chi connectivity index (χ3v) is 6.44. The lowest BCUT2D eigenvalue weighted by Crippen LogP contribution is -2.21. The Morgan fingerprint density at radius 2 is 1.85 bits per heavy atom. The summed E-state index contributed by atoms with van der Waals surface area (Å²) in [5, 5.41) is 14.8. The number of H-pyrrole nitrogens is 1. The molecule has 9 heteroatoms. The number of nitrogens with zero attached hydrogens (tertiary/aromatic N) is 5. The summed E-state index contributed by atoms with van der Waals surface area (Å²) in [5.74, 6) is 0.741. The van der Waals surface area contributed by atoms with Gasteiger partial charge in [-0.1, -0.05) is 49.6 Å². The van der Waals surface area contributed by atoms with Crippen LogP contribution in [0.15, 0.2) is 41.8 Å². The molecule has 0 atom stereocenters. The lowest BCUT2D eigenvalue weighted by Gasteiger charge is -2.25. The van der Waals surface area contributed by atoms with Crippen LogP contribution in [0.4, 0.5) is 0 Å². The fourth-order valence-electron chi connectivity index (χ4n) is 3.67. The topological polar surface area (TPSA) is 106 Å². The van der Waals surface area contributed by atoms with Crippen molar-refractivity contribution in [2.75, 3.05) is 0 Å². The lowest BCUT2D eigenvalue weighted by atomic mass is 9.95. The average molecular weight is 386 g/mol. The highest BCUT2D eigenvalue weighted by Crippen LogP contribution is 2.32. The molecular formula is C18H22N6O2S. The Labute approximate surface area is 158 Å². The summed E-state index contributed by atoms with van der Waals surface area (Å²) < 4.78 is 27.9. The number of aromatic nitrogens is 6. The third kappa shape index (κ3) is 3.92. The molecule has 8 nitrogen and oxygen atoms in total. The molecule has 0 saturated heterocycles. The first-order valence-corrected chi connectivity index (χ1v) is 10.8. The van der Waals surface area contributed by atoms with Crippen molar-refractivity contribution < 1.29 is 8.42 Å². The van der Waals surface area contributed by atoms with Gasteiger partial charge in [-0.3, -0.25) is 9.67 Å². The van der Waals surface area contributed by atoms with Crippen molar-refractivity contribution in [2.45, 2.75) is 55.5 Å². The number of sulfone groups is 1. The highest BCUT2D eigenvalue weighted by atomic mass is 32.2. The molecule has 3 aromatic rings. The van der Waals surface area contributed by atoms with Crippen LogP contribution in [0.1, 0.15) is 55.4 Å². The van der Waals surface area contributed by atoms with Crippen LogP contribution >= 0.6 is 0 Å². The van der Waals surface area contributed by atoms with E-state index in [1.165, 1.54) is 12.7 Å². The molecule has 1 saturated carbocycles. The quantitative estimate of drug-likeness (QED) is 0.697. The second kappa shape index (κ2) is 7.59. The van der Waals surface area contributed by atoms with Gasteiger partial charge in [-0.2, -0.15) is 5.10 Å². The van der Waals surface area contributed by atoms with Gasteiger partial charge < -0.3 is 0 Å². The summed E-state index contributed by atoms with van der Waals surface area (Å²) in [6.45, 7) is 0. The van der Waals surface area contributed by atoms with E-state index in [0.717, 1.165) is 31.2 Å². The zero-order chi connectivity index (χ0) is 18.7. The standard InChI is InChI=1S/C18H22N6O2S/c25-27(26,12-16-19-13-20-21-16)18-23-22-17(11-14-7-3-1-4-8-14)24(18)15-9-5-2-6-10-15/h1,3-4,7-8,13,15H,2,5-6,9-12H2,(H,19,20,21). The first kappa shape index (κ1) is 17.8. The normalized spacial score (nSPS) is 15.9. The zero-order valence-electron chi connectivity index (χ0n) is 15.0. The summed E-state index contributed by atoms with van der Waals surface area (Å²) >= 11 is 0. The van der Waals surface area contributed by atoms with E-state index in [1.54, 1.807) is 0 Å². The van der Waals surface area contributed by atoms with Gasteiger partial charge in [0.15, 0.2) is 0 Å². The number of hydrogen-bond donors (Lipinski definition) is 1. The largest absolute Gasteiger partial charge is 0.298 e. The van der Waals surface area contributed by atoms with E-state index >= 15 is 0 Å². The molecule has 2 aromatic heterocycles. The van der Waals surface area contributed by atoms with Crippen molar-refractivity contribution in [2.24, 2.45) is 0 Å². The van der Waals surface area contributed by atoms with Gasteiger partial charge in [-0.15, -0.1) is 10.2 Å². The summed E-state index contributed by atoms with van der Waals surface area (Å²) in [6.07, 6.45) is 7.13. The Kier molecular flexibility index (Phi) is 5.02. The first-order valence-electron chi connectivity index (χ1n) is 9.18. The molecule has 1 N–H and O–H groups in total. The first-order chi connectivity index (χ1) is 13.1. The molecular weight excluding hydrogens is 364 g/mol. The van der Waals surface area contributed by atoms with Crippen LogP contribution in [-0.2, 0) is 22.0 Å². The number of rotatable bonds is 6. The van der Waals surface area contributed by atoms with Crippen molar-refractivity contribution >= 4 is 9.84 Å². The highest BCUT2D eigenvalue weighted by molar-refractivity contribution is 7.90. The Hall–Kier alpha value is -2.55. The van der Waals surface area contributed by atoms with Crippen molar-refractivity contribution in [3.63, 3.8) is 0 Å². The minimum absolute atomic E-state index is 0.0386. The maximum Gasteiger partial charge on any atom is 0.250 e. The summed E-state index contributed by atoms with van der Waals surface area (Å²) in [6, 6.07) is 10.1. The SMILES string of the molecule is O=S(=O)(Cc1ncn[nH]1)c1nnc(Cc2ccccc2)n1C1CCCCC1. The maximum absolute atomic E-state index is 13.0. The molecule has 2 heterocycles. The summed E-state index contributed by atoms with van der Waals surface area (Å²) in [5.41, 5.74) is 1.08. The third-order valence-electron chi connectivity index (χ3n) is 4.95. The number of aromatic amines is 1. The van der Waals surface area contributed by atoms with Crippen LogP contribution in [0.2, 0.25) is 0 Å². The zero-order valence-corrected chi connectivity index (χ0v) is 15.8. The minimum Gasteiger partial charge on any atom is -0.298 e. The molecule has 1 fully saturated rings. The van der Waals surface area contributed by atoms with Crippen molar-refractivity contribution in [3.8, 4) is 0 Å². The van der Waals surface area contributed by atoms with E-state index in [1.807, 2.05) is 34.9 Å². The molecule has 1 aromatic carbocycles. The molecule has 1 aliphatic carbocycles. The smallest absolute Gasteiger partial charge is 0.250 e. The molecule has 27 heavy (non-hydrogen) atoms. The maximum atomic E-state index is 13.0. The van der Waals surface area contributed by atoms with Gasteiger partial charge in [0.2, 0.25) is 15.0 Å². The van der Waals surface area contributed by atoms with E-state index in [4.69, 9.17) is 0 Å². The Morgan fingerprint density at radius 1 is 1.07 bits per heavy atom. The number of benzene rings is 1. The van der Waals surface area contributed by atoms with Crippen molar-refractivity contribution in [1.82, 2.24) is 29.9 Å². The minimum atomic E-state index is -3.68. The summed E-state index contributed by atoms with van der Waals surface area (Å²) in [7, 11) is -3.68. The van der Waals surface area contributed by atoms with Crippen LogP contribution in [0.25, 0.3) is 0 Å². The Balaban J connectivity index is 1.72. The average Bonchev–Trinajstić information content (AvgIpc) is 3.33. The Bertz CT molecular complexity index is 976. The van der Waals surface area contributed by atoms with Crippen LogP contribution in [-0.4, -0.2) is 38.4 Å². The fraction of sp³-hybridized carbons (Fsp3) is 0.444. The Morgan fingerprint density at radius 3 is 2.56 bits per heavy atom. The van der Waals surface area contributed by atoms with E-state index in [2.05, 4.69) is 25.4 Å². The van der Waals surface area contributed by atoms with Crippen molar-refractivity contribution in [1.29, 1.82) is 0 Å².